The molecule has 1 saturated carbocycles. The molecule has 2 rings (SSSR count). The molecule has 1 aromatic rings. The lowest BCUT2D eigenvalue weighted by Gasteiger charge is -2.37. The van der Waals surface area contributed by atoms with Gasteiger partial charge in [-0.1, -0.05) is 6.07 Å². The van der Waals surface area contributed by atoms with E-state index in [1.165, 1.54) is 6.07 Å². The molecule has 100 valence electrons. The minimum atomic E-state index is -1.05. The Labute approximate surface area is 104 Å². The Hall–Kier alpha value is -1.04. The fourth-order valence-electron chi connectivity index (χ4n) is 2.08. The van der Waals surface area contributed by atoms with Crippen LogP contribution < -0.4 is 5.32 Å². The second kappa shape index (κ2) is 5.30. The smallest absolute Gasteiger partial charge is 0.131 e. The van der Waals surface area contributed by atoms with Gasteiger partial charge in [-0.25, -0.2) is 8.78 Å². The molecule has 5 heteroatoms. The predicted octanol–water partition coefficient (Wildman–Crippen LogP) is 1.50. The first-order chi connectivity index (χ1) is 8.50. The maximum absolute atomic E-state index is 13.4. The highest BCUT2D eigenvalue weighted by Gasteiger charge is 2.33. The largest absolute Gasteiger partial charge is 0.389 e. The zero-order valence-corrected chi connectivity index (χ0v) is 10.00. The van der Waals surface area contributed by atoms with Crippen molar-refractivity contribution in [3.8, 4) is 0 Å². The first-order valence-corrected chi connectivity index (χ1v) is 6.06. The average molecular weight is 257 g/mol. The number of benzene rings is 1. The number of aliphatic hydroxyl groups excluding tert-OH is 1. The van der Waals surface area contributed by atoms with E-state index in [0.29, 0.717) is 6.54 Å². The molecule has 1 aromatic carbocycles. The van der Waals surface area contributed by atoms with Crippen LogP contribution in [-0.4, -0.2) is 28.9 Å². The minimum absolute atomic E-state index is 0.0597. The van der Waals surface area contributed by atoms with E-state index < -0.39 is 23.3 Å². The molecular weight excluding hydrogens is 240 g/mol. The number of aliphatic hydroxyl groups is 2. The van der Waals surface area contributed by atoms with Crippen molar-refractivity contribution in [2.45, 2.75) is 31.0 Å². The lowest BCUT2D eigenvalue weighted by Crippen LogP contribution is -2.47. The second-order valence-electron chi connectivity index (χ2n) is 4.89. The number of nitrogens with one attached hydrogen (secondary N) is 1. The highest BCUT2D eigenvalue weighted by atomic mass is 19.1. The van der Waals surface area contributed by atoms with Gasteiger partial charge in [0.2, 0.25) is 0 Å². The number of hydrogen-bond donors (Lipinski definition) is 3. The van der Waals surface area contributed by atoms with Gasteiger partial charge in [0.1, 0.15) is 11.6 Å². The van der Waals surface area contributed by atoms with Gasteiger partial charge in [-0.15, -0.1) is 0 Å². The average Bonchev–Trinajstić information content (AvgIpc) is 2.26. The van der Waals surface area contributed by atoms with E-state index in [-0.39, 0.29) is 12.1 Å². The van der Waals surface area contributed by atoms with Crippen molar-refractivity contribution in [2.24, 2.45) is 0 Å². The Morgan fingerprint density at radius 1 is 1.33 bits per heavy atom. The highest BCUT2D eigenvalue weighted by molar-refractivity contribution is 5.21. The summed E-state index contributed by atoms with van der Waals surface area (Å²) in [6.07, 6.45) is 1.46. The molecule has 0 bridgehead atoms. The molecule has 0 heterocycles. The number of halogens is 2. The summed E-state index contributed by atoms with van der Waals surface area (Å²) in [4.78, 5) is 0. The summed E-state index contributed by atoms with van der Waals surface area (Å²) >= 11 is 0. The van der Waals surface area contributed by atoms with Crippen LogP contribution in [0.15, 0.2) is 18.2 Å². The van der Waals surface area contributed by atoms with Gasteiger partial charge in [0.05, 0.1) is 11.7 Å². The molecule has 1 fully saturated rings. The third-order valence-corrected chi connectivity index (χ3v) is 3.40. The normalized spacial score (nSPS) is 19.3. The molecule has 1 aliphatic rings. The molecule has 0 amide bonds. The van der Waals surface area contributed by atoms with Crippen LogP contribution in [0.3, 0.4) is 0 Å². The summed E-state index contributed by atoms with van der Waals surface area (Å²) in [5.74, 6) is -1.42. The van der Waals surface area contributed by atoms with Crippen LogP contribution >= 0.6 is 0 Å². The zero-order valence-electron chi connectivity index (χ0n) is 10.00. The first-order valence-electron chi connectivity index (χ1n) is 6.06. The third-order valence-electron chi connectivity index (χ3n) is 3.40. The highest BCUT2D eigenvalue weighted by Crippen LogP contribution is 2.30. The van der Waals surface area contributed by atoms with Crippen molar-refractivity contribution < 1.29 is 19.0 Å². The van der Waals surface area contributed by atoms with E-state index in [1.54, 1.807) is 0 Å². The Bertz CT molecular complexity index is 421. The third kappa shape index (κ3) is 3.04. The van der Waals surface area contributed by atoms with Crippen LogP contribution in [0.25, 0.3) is 0 Å². The van der Waals surface area contributed by atoms with Gasteiger partial charge in [-0.2, -0.15) is 0 Å². The van der Waals surface area contributed by atoms with Crippen LogP contribution in [0, 0.1) is 11.6 Å². The molecule has 1 atom stereocenters. The van der Waals surface area contributed by atoms with Crippen LogP contribution in [0.2, 0.25) is 0 Å². The molecule has 18 heavy (non-hydrogen) atoms. The van der Waals surface area contributed by atoms with E-state index in [9.17, 15) is 19.0 Å². The molecule has 0 aliphatic heterocycles. The molecule has 0 spiro atoms. The van der Waals surface area contributed by atoms with Crippen LogP contribution in [-0.2, 0) is 0 Å². The van der Waals surface area contributed by atoms with Crippen molar-refractivity contribution in [1.29, 1.82) is 0 Å². The predicted molar refractivity (Wildman–Crippen MR) is 63.0 cm³/mol. The van der Waals surface area contributed by atoms with Gasteiger partial charge in [0.25, 0.3) is 0 Å². The Morgan fingerprint density at radius 3 is 2.61 bits per heavy atom. The van der Waals surface area contributed by atoms with Gasteiger partial charge in [0.15, 0.2) is 0 Å². The lowest BCUT2D eigenvalue weighted by atomic mass is 9.80. The summed E-state index contributed by atoms with van der Waals surface area (Å²) in [5, 5.41) is 22.5. The maximum atomic E-state index is 13.4. The van der Waals surface area contributed by atoms with E-state index in [1.807, 2.05) is 0 Å². The SMILES string of the molecule is OC(CNCC1(O)CCC1)c1ccc(F)cc1F. The standard InChI is InChI=1S/C13H17F2NO2/c14-9-2-3-10(11(15)6-9)12(17)7-16-8-13(18)4-1-5-13/h2-3,6,12,16-18H,1,4-5,7-8H2. The van der Waals surface area contributed by atoms with Crippen molar-refractivity contribution in [2.75, 3.05) is 13.1 Å². The molecule has 0 radical (unpaired) electrons. The molecule has 3 nitrogen and oxygen atoms in total. The van der Waals surface area contributed by atoms with Crippen LogP contribution in [0.1, 0.15) is 30.9 Å². The molecule has 0 saturated heterocycles. The fourth-order valence-corrected chi connectivity index (χ4v) is 2.08. The van der Waals surface area contributed by atoms with Crippen molar-refractivity contribution >= 4 is 0 Å². The Kier molecular flexibility index (Phi) is 3.94. The maximum Gasteiger partial charge on any atom is 0.131 e. The quantitative estimate of drug-likeness (QED) is 0.749. The summed E-state index contributed by atoms with van der Waals surface area (Å²) < 4.78 is 26.1. The van der Waals surface area contributed by atoms with Gasteiger partial charge in [-0.3, -0.25) is 0 Å². The molecule has 1 unspecified atom stereocenters. The molecule has 0 aromatic heterocycles. The second-order valence-corrected chi connectivity index (χ2v) is 4.89. The number of hydrogen-bond acceptors (Lipinski definition) is 3. The lowest BCUT2D eigenvalue weighted by molar-refractivity contribution is -0.0328. The summed E-state index contributed by atoms with van der Waals surface area (Å²) in [7, 11) is 0. The Balaban J connectivity index is 1.85. The van der Waals surface area contributed by atoms with Crippen LogP contribution in [0.5, 0.6) is 0 Å². The summed E-state index contributed by atoms with van der Waals surface area (Å²) in [6, 6.07) is 3.09. The van der Waals surface area contributed by atoms with Gasteiger partial charge < -0.3 is 15.5 Å². The molecule has 1 aliphatic carbocycles. The van der Waals surface area contributed by atoms with Gasteiger partial charge >= 0.3 is 0 Å². The van der Waals surface area contributed by atoms with Gasteiger partial charge in [-0.05, 0) is 25.3 Å². The van der Waals surface area contributed by atoms with E-state index in [2.05, 4.69) is 5.32 Å². The fraction of sp³-hybridized carbons (Fsp3) is 0.538. The van der Waals surface area contributed by atoms with Gasteiger partial charge in [0, 0.05) is 24.7 Å². The summed E-state index contributed by atoms with van der Waals surface area (Å²) in [6.45, 7) is 0.512. The van der Waals surface area contributed by atoms with E-state index in [0.717, 1.165) is 31.4 Å². The van der Waals surface area contributed by atoms with Crippen molar-refractivity contribution in [3.05, 3.63) is 35.4 Å². The van der Waals surface area contributed by atoms with E-state index in [4.69, 9.17) is 0 Å². The summed E-state index contributed by atoms with van der Waals surface area (Å²) in [5.41, 5.74) is -0.620. The number of rotatable bonds is 5. The minimum Gasteiger partial charge on any atom is -0.389 e. The van der Waals surface area contributed by atoms with Crippen molar-refractivity contribution in [1.82, 2.24) is 5.32 Å². The monoisotopic (exact) mass is 257 g/mol. The van der Waals surface area contributed by atoms with E-state index >= 15 is 0 Å². The zero-order chi connectivity index (χ0) is 13.2. The first kappa shape index (κ1) is 13.4. The van der Waals surface area contributed by atoms with Crippen molar-refractivity contribution in [3.63, 3.8) is 0 Å². The topological polar surface area (TPSA) is 52.5 Å². The van der Waals surface area contributed by atoms with Crippen LogP contribution in [0.4, 0.5) is 8.78 Å². The molecule has 3 N–H and O–H groups in total. The molecular formula is C13H17F2NO2. The Morgan fingerprint density at radius 2 is 2.06 bits per heavy atom.